The van der Waals surface area contributed by atoms with E-state index in [9.17, 15) is 9.36 Å². The maximum absolute atomic E-state index is 10.7. The van der Waals surface area contributed by atoms with Crippen LogP contribution >= 0.6 is 7.60 Å². The van der Waals surface area contributed by atoms with E-state index in [0.29, 0.717) is 13.0 Å². The van der Waals surface area contributed by atoms with Crippen LogP contribution in [-0.4, -0.2) is 39.6 Å². The van der Waals surface area contributed by atoms with Crippen LogP contribution in [0.15, 0.2) is 0 Å². The average Bonchev–Trinajstić information content (AvgIpc) is 2.46. The summed E-state index contributed by atoms with van der Waals surface area (Å²) in [5.41, 5.74) is 0. The van der Waals surface area contributed by atoms with E-state index >= 15 is 0 Å². The highest BCUT2D eigenvalue weighted by Gasteiger charge is 2.33. The molecule has 0 aromatic carbocycles. The van der Waals surface area contributed by atoms with Gasteiger partial charge >= 0.3 is 13.6 Å². The molecule has 4 N–H and O–H groups in total. The van der Waals surface area contributed by atoms with Crippen molar-refractivity contribution in [3.63, 3.8) is 0 Å². The molecule has 0 radical (unpaired) electrons. The van der Waals surface area contributed by atoms with E-state index in [-0.39, 0.29) is 18.5 Å². The predicted octanol–water partition coefficient (Wildman–Crippen LogP) is -0.383. The molecule has 0 amide bonds. The van der Waals surface area contributed by atoms with Crippen LogP contribution in [0.2, 0.25) is 0 Å². The van der Waals surface area contributed by atoms with E-state index in [1.165, 1.54) is 0 Å². The van der Waals surface area contributed by atoms with Gasteiger partial charge in [-0.2, -0.15) is 0 Å². The maximum Gasteiger partial charge on any atom is 0.325 e. The van der Waals surface area contributed by atoms with Crippen molar-refractivity contribution in [2.45, 2.75) is 18.9 Å². The normalized spacial score (nSPS) is 27.9. The van der Waals surface area contributed by atoms with Crippen molar-refractivity contribution >= 4 is 13.6 Å². The topological polar surface area (TPSA) is 107 Å². The van der Waals surface area contributed by atoms with Gasteiger partial charge < -0.3 is 20.2 Å². The van der Waals surface area contributed by atoms with Crippen LogP contribution in [0.25, 0.3) is 0 Å². The van der Waals surface area contributed by atoms with Crippen LogP contribution in [0.1, 0.15) is 12.8 Å². The molecule has 7 heteroatoms. The van der Waals surface area contributed by atoms with Gasteiger partial charge in [0.15, 0.2) is 0 Å². The van der Waals surface area contributed by atoms with Crippen molar-refractivity contribution in [3.05, 3.63) is 0 Å². The van der Waals surface area contributed by atoms with Crippen molar-refractivity contribution in [2.24, 2.45) is 5.92 Å². The molecule has 1 saturated heterocycles. The van der Waals surface area contributed by atoms with E-state index in [0.717, 1.165) is 0 Å². The predicted molar refractivity (Wildman–Crippen MR) is 49.1 cm³/mol. The Morgan fingerprint density at radius 1 is 1.50 bits per heavy atom. The van der Waals surface area contributed by atoms with Crippen molar-refractivity contribution in [1.82, 2.24) is 5.32 Å². The quantitative estimate of drug-likeness (QED) is 0.484. The molecule has 1 heterocycles. The van der Waals surface area contributed by atoms with Crippen LogP contribution in [0.4, 0.5) is 0 Å². The smallest absolute Gasteiger partial charge is 0.325 e. The van der Waals surface area contributed by atoms with Crippen LogP contribution in [0.3, 0.4) is 0 Å². The van der Waals surface area contributed by atoms with Gasteiger partial charge in [-0.25, -0.2) is 0 Å². The number of rotatable bonds is 4. The van der Waals surface area contributed by atoms with Gasteiger partial charge in [0.05, 0.1) is 6.16 Å². The van der Waals surface area contributed by atoms with Gasteiger partial charge in [0, 0.05) is 0 Å². The van der Waals surface area contributed by atoms with Crippen molar-refractivity contribution < 1.29 is 24.3 Å². The molecule has 2 atom stereocenters. The van der Waals surface area contributed by atoms with E-state index in [1.54, 1.807) is 0 Å². The molecule has 6 nitrogen and oxygen atoms in total. The Kier molecular flexibility index (Phi) is 3.66. The SMILES string of the molecule is O=C(O)C1NCCC1CCP(=O)(O)O. The number of carboxylic acids is 1. The molecular weight excluding hydrogens is 209 g/mol. The Morgan fingerprint density at radius 3 is 2.64 bits per heavy atom. The number of nitrogens with one attached hydrogen (secondary N) is 1. The minimum atomic E-state index is -4.00. The Bertz CT molecular complexity index is 263. The summed E-state index contributed by atoms with van der Waals surface area (Å²) in [6, 6.07) is -0.651. The average molecular weight is 223 g/mol. The molecule has 0 aromatic rings. The highest BCUT2D eigenvalue weighted by Crippen LogP contribution is 2.37. The second kappa shape index (κ2) is 4.40. The third-order valence-electron chi connectivity index (χ3n) is 2.41. The fourth-order valence-corrected chi connectivity index (χ4v) is 2.36. The molecule has 1 aliphatic rings. The zero-order valence-electron chi connectivity index (χ0n) is 7.59. The summed E-state index contributed by atoms with van der Waals surface area (Å²) in [6.45, 7) is 0.600. The molecular formula is C7H14NO5P. The lowest BCUT2D eigenvalue weighted by Crippen LogP contribution is -2.35. The first kappa shape index (κ1) is 11.7. The lowest BCUT2D eigenvalue weighted by molar-refractivity contribution is -0.140. The van der Waals surface area contributed by atoms with E-state index in [1.807, 2.05) is 0 Å². The fraction of sp³-hybridized carbons (Fsp3) is 0.857. The molecule has 1 rings (SSSR count). The number of carbonyl (C=O) groups is 1. The van der Waals surface area contributed by atoms with Gasteiger partial charge in [0.2, 0.25) is 0 Å². The Hall–Kier alpha value is -0.420. The highest BCUT2D eigenvalue weighted by atomic mass is 31.2. The second-order valence-electron chi connectivity index (χ2n) is 3.50. The van der Waals surface area contributed by atoms with Gasteiger partial charge in [-0.15, -0.1) is 0 Å². The third kappa shape index (κ3) is 3.38. The molecule has 0 aliphatic carbocycles. The highest BCUT2D eigenvalue weighted by molar-refractivity contribution is 7.51. The maximum atomic E-state index is 10.7. The Balaban J connectivity index is 2.44. The summed E-state index contributed by atoms with van der Waals surface area (Å²) in [5, 5.41) is 11.5. The van der Waals surface area contributed by atoms with Crippen LogP contribution in [0, 0.1) is 5.92 Å². The van der Waals surface area contributed by atoms with Crippen LogP contribution in [0.5, 0.6) is 0 Å². The fourth-order valence-electron chi connectivity index (χ4n) is 1.69. The summed E-state index contributed by atoms with van der Waals surface area (Å²) in [7, 11) is -4.00. The molecule has 82 valence electrons. The molecule has 2 unspecified atom stereocenters. The second-order valence-corrected chi connectivity index (χ2v) is 5.27. The molecule has 0 spiro atoms. The summed E-state index contributed by atoms with van der Waals surface area (Å²) < 4.78 is 10.6. The number of hydrogen-bond donors (Lipinski definition) is 4. The van der Waals surface area contributed by atoms with Crippen LogP contribution < -0.4 is 5.32 Å². The Morgan fingerprint density at radius 2 is 2.14 bits per heavy atom. The molecule has 0 bridgehead atoms. The first-order chi connectivity index (χ1) is 6.40. The van der Waals surface area contributed by atoms with Gasteiger partial charge in [0.25, 0.3) is 0 Å². The summed E-state index contributed by atoms with van der Waals surface area (Å²) >= 11 is 0. The molecule has 0 aromatic heterocycles. The number of hydrogen-bond acceptors (Lipinski definition) is 3. The van der Waals surface area contributed by atoms with Crippen molar-refractivity contribution in [1.29, 1.82) is 0 Å². The first-order valence-electron chi connectivity index (χ1n) is 4.41. The standard InChI is InChI=1S/C7H14NO5P/c9-7(10)6-5(1-3-8-6)2-4-14(11,12)13/h5-6,8H,1-4H2,(H,9,10)(H2,11,12,13). The minimum absolute atomic E-state index is 0.167. The van der Waals surface area contributed by atoms with Gasteiger partial charge in [0.1, 0.15) is 6.04 Å². The summed E-state index contributed by atoms with van der Waals surface area (Å²) in [4.78, 5) is 28.0. The van der Waals surface area contributed by atoms with Crippen molar-refractivity contribution in [3.8, 4) is 0 Å². The molecule has 14 heavy (non-hydrogen) atoms. The molecule has 1 aliphatic heterocycles. The summed E-state index contributed by atoms with van der Waals surface area (Å²) in [6.07, 6.45) is 0.689. The minimum Gasteiger partial charge on any atom is -0.480 e. The van der Waals surface area contributed by atoms with E-state index < -0.39 is 19.6 Å². The zero-order chi connectivity index (χ0) is 10.8. The number of carboxylic acid groups (broad SMARTS) is 1. The molecule has 1 fully saturated rings. The largest absolute Gasteiger partial charge is 0.480 e. The van der Waals surface area contributed by atoms with Crippen LogP contribution in [-0.2, 0) is 9.36 Å². The lowest BCUT2D eigenvalue weighted by atomic mass is 9.98. The lowest BCUT2D eigenvalue weighted by Gasteiger charge is -2.15. The third-order valence-corrected chi connectivity index (χ3v) is 3.25. The van der Waals surface area contributed by atoms with Gasteiger partial charge in [-0.05, 0) is 25.3 Å². The first-order valence-corrected chi connectivity index (χ1v) is 6.20. The van der Waals surface area contributed by atoms with Gasteiger partial charge in [-0.1, -0.05) is 0 Å². The zero-order valence-corrected chi connectivity index (χ0v) is 8.48. The summed E-state index contributed by atoms with van der Waals surface area (Å²) in [5.74, 6) is -1.11. The Labute approximate surface area is 81.5 Å². The molecule has 0 saturated carbocycles. The van der Waals surface area contributed by atoms with Crippen molar-refractivity contribution in [2.75, 3.05) is 12.7 Å². The van der Waals surface area contributed by atoms with E-state index in [4.69, 9.17) is 14.9 Å². The number of aliphatic carboxylic acids is 1. The monoisotopic (exact) mass is 223 g/mol. The van der Waals surface area contributed by atoms with Gasteiger partial charge in [-0.3, -0.25) is 9.36 Å². The van der Waals surface area contributed by atoms with E-state index in [2.05, 4.69) is 5.32 Å².